The molecule has 2 nitrogen and oxygen atoms in total. The highest BCUT2D eigenvalue weighted by Crippen LogP contribution is 2.35. The van der Waals surface area contributed by atoms with Crippen molar-refractivity contribution >= 4 is 9.84 Å². The van der Waals surface area contributed by atoms with Gasteiger partial charge in [0.25, 0.3) is 0 Å². The van der Waals surface area contributed by atoms with E-state index in [1.54, 1.807) is 6.07 Å². The molecule has 134 valence electrons. The Kier molecular flexibility index (Phi) is 5.83. The van der Waals surface area contributed by atoms with Crippen molar-refractivity contribution in [1.29, 1.82) is 0 Å². The quantitative estimate of drug-likeness (QED) is 0.613. The summed E-state index contributed by atoms with van der Waals surface area (Å²) in [6.07, 6.45) is 1.41. The predicted molar refractivity (Wildman–Crippen MR) is 101 cm³/mol. The molecule has 0 aliphatic carbocycles. The Morgan fingerprint density at radius 1 is 0.920 bits per heavy atom. The van der Waals surface area contributed by atoms with E-state index in [2.05, 4.69) is 20.4 Å². The lowest BCUT2D eigenvalue weighted by atomic mass is 9.96. The van der Waals surface area contributed by atoms with Crippen LogP contribution in [0.1, 0.15) is 61.5 Å². The fourth-order valence-corrected chi connectivity index (χ4v) is 4.79. The maximum atomic E-state index is 13.3. The molecule has 2 aromatic rings. The summed E-state index contributed by atoms with van der Waals surface area (Å²) in [4.78, 5) is 0.320. The first-order chi connectivity index (χ1) is 11.7. The minimum Gasteiger partial charge on any atom is -0.223 e. The van der Waals surface area contributed by atoms with Crippen LogP contribution in [-0.4, -0.2) is 8.42 Å². The third kappa shape index (κ3) is 4.01. The topological polar surface area (TPSA) is 34.1 Å². The lowest BCUT2D eigenvalue weighted by Gasteiger charge is -2.20. The van der Waals surface area contributed by atoms with Crippen molar-refractivity contribution in [3.63, 3.8) is 0 Å². The Morgan fingerprint density at radius 2 is 1.48 bits per heavy atom. The standard InChI is InChI=1S/C21H25FO2S/c1-6-20(16-7-10-18(22)11-8-16)25(23,24)21-12-9-17(14(2)3)13-19(21)15(4)5/h6-15,20H,1H2,2-5H3. The van der Waals surface area contributed by atoms with E-state index < -0.39 is 20.9 Å². The van der Waals surface area contributed by atoms with Crippen LogP contribution in [0, 0.1) is 5.82 Å². The number of benzene rings is 2. The number of hydrogen-bond donors (Lipinski definition) is 0. The molecule has 0 saturated heterocycles. The smallest absolute Gasteiger partial charge is 0.189 e. The number of hydrogen-bond acceptors (Lipinski definition) is 2. The van der Waals surface area contributed by atoms with Crippen LogP contribution in [-0.2, 0) is 9.84 Å². The molecule has 1 unspecified atom stereocenters. The van der Waals surface area contributed by atoms with Gasteiger partial charge in [0.1, 0.15) is 11.1 Å². The molecule has 0 fully saturated rings. The van der Waals surface area contributed by atoms with Gasteiger partial charge in [-0.1, -0.05) is 58.0 Å². The number of halogens is 1. The molecule has 0 aliphatic rings. The molecule has 2 rings (SSSR count). The Morgan fingerprint density at radius 3 is 1.96 bits per heavy atom. The molecule has 0 bridgehead atoms. The maximum Gasteiger partial charge on any atom is 0.189 e. The van der Waals surface area contributed by atoms with Gasteiger partial charge in [-0.25, -0.2) is 12.8 Å². The van der Waals surface area contributed by atoms with Crippen molar-refractivity contribution in [3.8, 4) is 0 Å². The maximum absolute atomic E-state index is 13.3. The molecule has 4 heteroatoms. The van der Waals surface area contributed by atoms with Gasteiger partial charge < -0.3 is 0 Å². The first-order valence-corrected chi connectivity index (χ1v) is 9.98. The fourth-order valence-electron chi connectivity index (χ4n) is 2.87. The van der Waals surface area contributed by atoms with Crippen LogP contribution in [0.4, 0.5) is 4.39 Å². The third-order valence-corrected chi connectivity index (χ3v) is 6.49. The molecule has 0 aromatic heterocycles. The summed E-state index contributed by atoms with van der Waals surface area (Å²) in [7, 11) is -3.68. The Labute approximate surface area is 150 Å². The average Bonchev–Trinajstić information content (AvgIpc) is 2.56. The minimum absolute atomic E-state index is 0.0714. The van der Waals surface area contributed by atoms with Crippen molar-refractivity contribution in [2.75, 3.05) is 0 Å². The zero-order valence-electron chi connectivity index (χ0n) is 15.2. The SMILES string of the molecule is C=CC(c1ccc(F)cc1)S(=O)(=O)c1ccc(C(C)C)cc1C(C)C. The van der Waals surface area contributed by atoms with E-state index >= 15 is 0 Å². The molecule has 2 aromatic carbocycles. The molecular weight excluding hydrogens is 335 g/mol. The molecule has 1 atom stereocenters. The largest absolute Gasteiger partial charge is 0.223 e. The monoisotopic (exact) mass is 360 g/mol. The van der Waals surface area contributed by atoms with E-state index in [0.717, 1.165) is 11.1 Å². The van der Waals surface area contributed by atoms with Crippen LogP contribution in [0.5, 0.6) is 0 Å². The van der Waals surface area contributed by atoms with Gasteiger partial charge in [0.05, 0.1) is 4.90 Å². The van der Waals surface area contributed by atoms with Gasteiger partial charge in [0.15, 0.2) is 9.84 Å². The second-order valence-corrected chi connectivity index (χ2v) is 8.90. The molecule has 0 radical (unpaired) electrons. The minimum atomic E-state index is -3.68. The zero-order chi connectivity index (χ0) is 18.8. The molecular formula is C21H25FO2S. The summed E-state index contributed by atoms with van der Waals surface area (Å²) in [6, 6.07) is 11.1. The molecule has 0 N–H and O–H groups in total. The second kappa shape index (κ2) is 7.52. The van der Waals surface area contributed by atoms with E-state index in [9.17, 15) is 12.8 Å². The molecule has 0 saturated carbocycles. The Bertz CT molecular complexity index is 850. The summed E-state index contributed by atoms with van der Waals surface area (Å²) in [6.45, 7) is 11.8. The highest BCUT2D eigenvalue weighted by Gasteiger charge is 2.29. The van der Waals surface area contributed by atoms with Gasteiger partial charge in [0.2, 0.25) is 0 Å². The van der Waals surface area contributed by atoms with E-state index in [4.69, 9.17) is 0 Å². The summed E-state index contributed by atoms with van der Waals surface area (Å²) in [5, 5.41) is -0.907. The molecule has 0 spiro atoms. The van der Waals surface area contributed by atoms with E-state index in [0.29, 0.717) is 16.4 Å². The molecule has 0 amide bonds. The highest BCUT2D eigenvalue weighted by atomic mass is 32.2. The van der Waals surface area contributed by atoms with Crippen LogP contribution < -0.4 is 0 Å². The van der Waals surface area contributed by atoms with E-state index in [1.165, 1.54) is 30.3 Å². The van der Waals surface area contributed by atoms with Gasteiger partial charge in [-0.2, -0.15) is 0 Å². The first kappa shape index (κ1) is 19.4. The highest BCUT2D eigenvalue weighted by molar-refractivity contribution is 7.92. The van der Waals surface area contributed by atoms with Crippen molar-refractivity contribution < 1.29 is 12.8 Å². The predicted octanol–water partition coefficient (Wildman–Crippen LogP) is 5.77. The van der Waals surface area contributed by atoms with Gasteiger partial charge in [-0.15, -0.1) is 6.58 Å². The number of sulfone groups is 1. The molecule has 25 heavy (non-hydrogen) atoms. The number of rotatable bonds is 6. The van der Waals surface area contributed by atoms with Gasteiger partial charge in [-0.3, -0.25) is 0 Å². The zero-order valence-corrected chi connectivity index (χ0v) is 16.0. The van der Waals surface area contributed by atoms with Crippen LogP contribution >= 0.6 is 0 Å². The van der Waals surface area contributed by atoms with Crippen LogP contribution in [0.3, 0.4) is 0 Å². The third-order valence-electron chi connectivity index (χ3n) is 4.38. The fraction of sp³-hybridized carbons (Fsp3) is 0.333. The van der Waals surface area contributed by atoms with Crippen molar-refractivity contribution in [2.45, 2.75) is 49.7 Å². The van der Waals surface area contributed by atoms with Crippen molar-refractivity contribution in [3.05, 3.63) is 77.6 Å². The average molecular weight is 360 g/mol. The van der Waals surface area contributed by atoms with Gasteiger partial charge in [0, 0.05) is 0 Å². The van der Waals surface area contributed by atoms with E-state index in [1.807, 2.05) is 26.0 Å². The lowest BCUT2D eigenvalue weighted by molar-refractivity contribution is 0.587. The second-order valence-electron chi connectivity index (χ2n) is 6.86. The molecule has 0 heterocycles. The Balaban J connectivity index is 2.61. The Hall–Kier alpha value is -1.94. The summed E-state index contributed by atoms with van der Waals surface area (Å²) in [5.74, 6) is -0.00294. The van der Waals surface area contributed by atoms with Gasteiger partial charge in [-0.05, 0) is 46.7 Å². The van der Waals surface area contributed by atoms with Gasteiger partial charge >= 0.3 is 0 Å². The summed E-state index contributed by atoms with van der Waals surface area (Å²) < 4.78 is 39.8. The first-order valence-electron chi connectivity index (χ1n) is 8.44. The van der Waals surface area contributed by atoms with Crippen LogP contribution in [0.25, 0.3) is 0 Å². The van der Waals surface area contributed by atoms with Crippen molar-refractivity contribution in [2.24, 2.45) is 0 Å². The van der Waals surface area contributed by atoms with Crippen LogP contribution in [0.15, 0.2) is 60.0 Å². The van der Waals surface area contributed by atoms with E-state index in [-0.39, 0.29) is 5.92 Å². The summed E-state index contributed by atoms with van der Waals surface area (Å²) >= 11 is 0. The van der Waals surface area contributed by atoms with Crippen LogP contribution in [0.2, 0.25) is 0 Å². The molecule has 0 aliphatic heterocycles. The lowest BCUT2D eigenvalue weighted by Crippen LogP contribution is -2.15. The normalized spacial score (nSPS) is 13.2. The summed E-state index contributed by atoms with van der Waals surface area (Å²) in [5.41, 5.74) is 2.43. The van der Waals surface area contributed by atoms with Crippen molar-refractivity contribution in [1.82, 2.24) is 0 Å².